The third kappa shape index (κ3) is 3.96. The Balaban J connectivity index is 1.19. The van der Waals surface area contributed by atoms with Crippen LogP contribution in [0.1, 0.15) is 0 Å². The third-order valence-corrected chi connectivity index (χ3v) is 8.72. The van der Waals surface area contributed by atoms with E-state index in [1.54, 1.807) is 0 Å². The minimum atomic E-state index is 0.822. The minimum Gasteiger partial charge on any atom is -0.456 e. The molecule has 0 saturated carbocycles. The Kier molecular flexibility index (Phi) is 5.54. The van der Waals surface area contributed by atoms with Crippen LogP contribution in [0.5, 0.6) is 11.5 Å². The number of hydrogen-bond acceptors (Lipinski definition) is 2. The Morgan fingerprint density at radius 3 is 1.95 bits per heavy atom. The SMILES string of the molecule is c1ccc(-c2ccc(-c3cccc4ccccc34)c(-c3ccc(-c4ccc5c(c4)-c4cccc6cccc(c46)O5)o3)c2)cc1. The van der Waals surface area contributed by atoms with E-state index in [1.165, 1.54) is 32.8 Å². The summed E-state index contributed by atoms with van der Waals surface area (Å²) >= 11 is 0. The monoisotopic (exact) mass is 562 g/mol. The first-order valence-corrected chi connectivity index (χ1v) is 14.9. The van der Waals surface area contributed by atoms with E-state index < -0.39 is 0 Å². The molecule has 2 nitrogen and oxygen atoms in total. The Bertz CT molecular complexity index is 2350. The molecular formula is C42H26O2. The second-order valence-electron chi connectivity index (χ2n) is 11.3. The minimum absolute atomic E-state index is 0.822. The van der Waals surface area contributed by atoms with Gasteiger partial charge in [0, 0.05) is 22.1 Å². The number of rotatable bonds is 4. The lowest BCUT2D eigenvalue weighted by Gasteiger charge is -2.21. The fourth-order valence-electron chi connectivity index (χ4n) is 6.61. The standard InChI is InChI=1S/C42H26O2/c1-2-9-27(10-3-1)30-19-21-34(33-16-6-12-28-11-4-5-15-32(28)33)36(25-30)40-24-23-38(43-40)31-20-22-39-37(26-31)35-17-7-13-29-14-8-18-41(44-39)42(29)35/h1-26H. The van der Waals surface area contributed by atoms with Crippen molar-refractivity contribution in [3.63, 3.8) is 0 Å². The zero-order valence-electron chi connectivity index (χ0n) is 23.8. The van der Waals surface area contributed by atoms with Crippen molar-refractivity contribution in [2.45, 2.75) is 0 Å². The van der Waals surface area contributed by atoms with Crippen molar-refractivity contribution < 1.29 is 9.15 Å². The Labute approximate surface area is 255 Å². The Morgan fingerprint density at radius 1 is 0.341 bits per heavy atom. The molecule has 1 aromatic heterocycles. The van der Waals surface area contributed by atoms with Gasteiger partial charge in [0.2, 0.25) is 0 Å². The fourth-order valence-corrected chi connectivity index (χ4v) is 6.61. The van der Waals surface area contributed by atoms with Crippen LogP contribution in [0, 0.1) is 0 Å². The van der Waals surface area contributed by atoms with Gasteiger partial charge in [-0.2, -0.15) is 0 Å². The summed E-state index contributed by atoms with van der Waals surface area (Å²) < 4.78 is 13.1. The van der Waals surface area contributed by atoms with E-state index >= 15 is 0 Å². The average molecular weight is 563 g/mol. The van der Waals surface area contributed by atoms with Crippen molar-refractivity contribution in [1.82, 2.24) is 0 Å². The van der Waals surface area contributed by atoms with Gasteiger partial charge in [0.25, 0.3) is 0 Å². The van der Waals surface area contributed by atoms with Crippen LogP contribution in [-0.2, 0) is 0 Å². The highest BCUT2D eigenvalue weighted by Gasteiger charge is 2.21. The first-order valence-electron chi connectivity index (χ1n) is 14.9. The molecule has 0 atom stereocenters. The van der Waals surface area contributed by atoms with E-state index in [0.717, 1.165) is 56.2 Å². The van der Waals surface area contributed by atoms with Crippen LogP contribution in [0.25, 0.3) is 77.6 Å². The van der Waals surface area contributed by atoms with Gasteiger partial charge in [0.1, 0.15) is 23.0 Å². The maximum Gasteiger partial charge on any atom is 0.135 e. The van der Waals surface area contributed by atoms with E-state index in [1.807, 2.05) is 12.1 Å². The maximum atomic E-state index is 6.71. The van der Waals surface area contributed by atoms with E-state index in [2.05, 4.69) is 146 Å². The Morgan fingerprint density at radius 2 is 1.05 bits per heavy atom. The van der Waals surface area contributed by atoms with Gasteiger partial charge in [-0.1, -0.05) is 115 Å². The lowest BCUT2D eigenvalue weighted by molar-refractivity contribution is 0.487. The van der Waals surface area contributed by atoms with Crippen LogP contribution in [-0.4, -0.2) is 0 Å². The van der Waals surface area contributed by atoms with Gasteiger partial charge < -0.3 is 9.15 Å². The molecule has 7 aromatic carbocycles. The molecule has 206 valence electrons. The number of benzene rings is 7. The third-order valence-electron chi connectivity index (χ3n) is 8.72. The summed E-state index contributed by atoms with van der Waals surface area (Å²) in [5.74, 6) is 3.42. The molecule has 8 aromatic rings. The van der Waals surface area contributed by atoms with Crippen LogP contribution < -0.4 is 4.74 Å². The van der Waals surface area contributed by atoms with Crippen LogP contribution in [0.2, 0.25) is 0 Å². The van der Waals surface area contributed by atoms with Crippen molar-refractivity contribution in [3.05, 3.63) is 158 Å². The lowest BCUT2D eigenvalue weighted by Crippen LogP contribution is -1.97. The van der Waals surface area contributed by atoms with E-state index in [-0.39, 0.29) is 0 Å². The molecule has 9 rings (SSSR count). The number of fused-ring (bicyclic) bond motifs is 3. The first kappa shape index (κ1) is 24.7. The molecular weight excluding hydrogens is 536 g/mol. The molecule has 0 N–H and O–H groups in total. The van der Waals surface area contributed by atoms with Crippen LogP contribution >= 0.6 is 0 Å². The van der Waals surface area contributed by atoms with Gasteiger partial charge in [-0.15, -0.1) is 0 Å². The number of ether oxygens (including phenoxy) is 1. The van der Waals surface area contributed by atoms with Gasteiger partial charge in [-0.3, -0.25) is 0 Å². The highest BCUT2D eigenvalue weighted by Crippen LogP contribution is 2.48. The average Bonchev–Trinajstić information content (AvgIpc) is 3.59. The van der Waals surface area contributed by atoms with Crippen LogP contribution in [0.15, 0.2) is 162 Å². The zero-order valence-corrected chi connectivity index (χ0v) is 23.8. The summed E-state index contributed by atoms with van der Waals surface area (Å²) in [6.45, 7) is 0. The quantitative estimate of drug-likeness (QED) is 0.213. The topological polar surface area (TPSA) is 22.4 Å². The van der Waals surface area contributed by atoms with Crippen LogP contribution in [0.4, 0.5) is 0 Å². The number of hydrogen-bond donors (Lipinski definition) is 0. The van der Waals surface area contributed by atoms with E-state index in [0.29, 0.717) is 0 Å². The van der Waals surface area contributed by atoms with Gasteiger partial charge in [-0.05, 0) is 86.4 Å². The molecule has 2 heterocycles. The maximum absolute atomic E-state index is 6.71. The summed E-state index contributed by atoms with van der Waals surface area (Å²) in [6, 6.07) is 55.4. The summed E-state index contributed by atoms with van der Waals surface area (Å²) in [6.07, 6.45) is 0. The van der Waals surface area contributed by atoms with E-state index in [4.69, 9.17) is 9.15 Å². The predicted octanol–water partition coefficient (Wildman–Crippen LogP) is 12.0. The molecule has 1 aliphatic heterocycles. The number of furan rings is 1. The predicted molar refractivity (Wildman–Crippen MR) is 181 cm³/mol. The fraction of sp³-hybridized carbons (Fsp3) is 0. The van der Waals surface area contributed by atoms with Crippen LogP contribution in [0.3, 0.4) is 0 Å². The summed E-state index contributed by atoms with van der Waals surface area (Å²) in [4.78, 5) is 0. The van der Waals surface area contributed by atoms with Gasteiger partial charge in [-0.25, -0.2) is 0 Å². The zero-order chi connectivity index (χ0) is 29.0. The molecule has 0 amide bonds. The summed E-state index contributed by atoms with van der Waals surface area (Å²) in [5.41, 5.74) is 9.00. The molecule has 0 spiro atoms. The molecule has 44 heavy (non-hydrogen) atoms. The van der Waals surface area contributed by atoms with Gasteiger partial charge >= 0.3 is 0 Å². The lowest BCUT2D eigenvalue weighted by atomic mass is 9.91. The molecule has 0 unspecified atom stereocenters. The normalized spacial score (nSPS) is 11.8. The Hall–Kier alpha value is -5.86. The van der Waals surface area contributed by atoms with Crippen molar-refractivity contribution in [2.24, 2.45) is 0 Å². The largest absolute Gasteiger partial charge is 0.456 e. The molecule has 0 bridgehead atoms. The second kappa shape index (κ2) is 9.86. The second-order valence-corrected chi connectivity index (χ2v) is 11.3. The first-order chi connectivity index (χ1) is 21.8. The van der Waals surface area contributed by atoms with Crippen molar-refractivity contribution >= 4 is 21.5 Å². The molecule has 0 fully saturated rings. The molecule has 0 aliphatic carbocycles. The molecule has 0 radical (unpaired) electrons. The highest BCUT2D eigenvalue weighted by atomic mass is 16.5. The van der Waals surface area contributed by atoms with Crippen molar-refractivity contribution in [2.75, 3.05) is 0 Å². The summed E-state index contributed by atoms with van der Waals surface area (Å²) in [5, 5.41) is 4.77. The highest BCUT2D eigenvalue weighted by molar-refractivity contribution is 6.05. The molecule has 1 aliphatic rings. The smallest absolute Gasteiger partial charge is 0.135 e. The molecule has 2 heteroatoms. The van der Waals surface area contributed by atoms with E-state index in [9.17, 15) is 0 Å². The molecule has 0 saturated heterocycles. The van der Waals surface area contributed by atoms with Gasteiger partial charge in [0.05, 0.1) is 0 Å². The van der Waals surface area contributed by atoms with Crippen molar-refractivity contribution in [3.8, 4) is 67.5 Å². The van der Waals surface area contributed by atoms with Crippen molar-refractivity contribution in [1.29, 1.82) is 0 Å². The summed E-state index contributed by atoms with van der Waals surface area (Å²) in [7, 11) is 0. The van der Waals surface area contributed by atoms with Gasteiger partial charge in [0.15, 0.2) is 0 Å².